The number of nitrogens with one attached hydrogen (secondary N) is 1. The van der Waals surface area contributed by atoms with Gasteiger partial charge in [0, 0.05) is 61.3 Å². The third-order valence-electron chi connectivity index (χ3n) is 7.67. The first-order valence-electron chi connectivity index (χ1n) is 13.3. The molecule has 4 heterocycles. The van der Waals surface area contributed by atoms with Gasteiger partial charge in [-0.05, 0) is 47.4 Å². The molecule has 0 amide bonds. The molecule has 0 bridgehead atoms. The van der Waals surface area contributed by atoms with Crippen molar-refractivity contribution in [3.05, 3.63) is 42.2 Å². The van der Waals surface area contributed by atoms with Crippen LogP contribution in [0.15, 0.2) is 36.7 Å². The van der Waals surface area contributed by atoms with Crippen LogP contribution in [0.4, 0.5) is 23.3 Å². The van der Waals surface area contributed by atoms with Crippen molar-refractivity contribution in [2.75, 3.05) is 53.3 Å². The largest absolute Gasteiger partial charge is 0.393 e. The van der Waals surface area contributed by atoms with Crippen LogP contribution in [-0.2, 0) is 9.84 Å². The van der Waals surface area contributed by atoms with Gasteiger partial charge >= 0.3 is 0 Å². The average molecular weight is 539 g/mol. The SMILES string of the molecule is CC(C)c1ccc(N2CC(C)(CS(C)(=O)=O)C2)c2cnc(Nc3ccnc(N4CC[C@@H](O)[C@H](C)C4)n3)cc12. The van der Waals surface area contributed by atoms with Gasteiger partial charge < -0.3 is 20.2 Å². The number of hydrogen-bond acceptors (Lipinski definition) is 9. The number of benzene rings is 1. The minimum Gasteiger partial charge on any atom is -0.393 e. The lowest BCUT2D eigenvalue weighted by atomic mass is 9.83. The van der Waals surface area contributed by atoms with Crippen molar-refractivity contribution in [3.8, 4) is 0 Å². The van der Waals surface area contributed by atoms with Gasteiger partial charge in [-0.25, -0.2) is 18.4 Å². The molecular weight excluding hydrogens is 500 g/mol. The van der Waals surface area contributed by atoms with Gasteiger partial charge in [0.1, 0.15) is 21.5 Å². The fourth-order valence-electron chi connectivity index (χ4n) is 5.88. The Morgan fingerprint density at radius 1 is 1.13 bits per heavy atom. The summed E-state index contributed by atoms with van der Waals surface area (Å²) in [5, 5.41) is 15.6. The number of rotatable bonds is 7. The van der Waals surface area contributed by atoms with Crippen molar-refractivity contribution < 1.29 is 13.5 Å². The number of fused-ring (bicyclic) bond motifs is 1. The van der Waals surface area contributed by atoms with E-state index < -0.39 is 9.84 Å². The summed E-state index contributed by atoms with van der Waals surface area (Å²) in [5.41, 5.74) is 2.08. The summed E-state index contributed by atoms with van der Waals surface area (Å²) in [7, 11) is -3.03. The van der Waals surface area contributed by atoms with Crippen molar-refractivity contribution in [1.29, 1.82) is 0 Å². The molecule has 204 valence electrons. The summed E-state index contributed by atoms with van der Waals surface area (Å²) in [4.78, 5) is 18.3. The zero-order valence-corrected chi connectivity index (χ0v) is 23.7. The van der Waals surface area contributed by atoms with Gasteiger partial charge in [0.2, 0.25) is 5.95 Å². The third kappa shape index (κ3) is 5.56. The van der Waals surface area contributed by atoms with Crippen molar-refractivity contribution in [3.63, 3.8) is 0 Å². The number of aliphatic hydroxyl groups is 1. The van der Waals surface area contributed by atoms with E-state index in [9.17, 15) is 13.5 Å². The second kappa shape index (κ2) is 9.96. The lowest BCUT2D eigenvalue weighted by Crippen LogP contribution is -2.57. The van der Waals surface area contributed by atoms with E-state index in [4.69, 9.17) is 9.97 Å². The van der Waals surface area contributed by atoms with Crippen LogP contribution in [0.1, 0.15) is 45.6 Å². The Morgan fingerprint density at radius 3 is 2.58 bits per heavy atom. The zero-order chi connectivity index (χ0) is 27.2. The van der Waals surface area contributed by atoms with Gasteiger partial charge in [0.15, 0.2) is 0 Å². The van der Waals surface area contributed by atoms with E-state index in [1.807, 2.05) is 26.1 Å². The Balaban J connectivity index is 1.40. The monoisotopic (exact) mass is 538 g/mol. The van der Waals surface area contributed by atoms with Crippen LogP contribution >= 0.6 is 0 Å². The van der Waals surface area contributed by atoms with Crippen LogP contribution in [0.2, 0.25) is 0 Å². The molecule has 0 spiro atoms. The molecule has 0 saturated carbocycles. The quantitative estimate of drug-likeness (QED) is 0.461. The first-order chi connectivity index (χ1) is 17.9. The topological polar surface area (TPSA) is 112 Å². The molecule has 9 nitrogen and oxygen atoms in total. The molecule has 2 aromatic heterocycles. The van der Waals surface area contributed by atoms with Gasteiger partial charge in [-0.15, -0.1) is 0 Å². The maximum atomic E-state index is 11.9. The molecule has 0 unspecified atom stereocenters. The fraction of sp³-hybridized carbons (Fsp3) is 0.536. The van der Waals surface area contributed by atoms with Gasteiger partial charge in [0.05, 0.1) is 11.9 Å². The van der Waals surface area contributed by atoms with Crippen LogP contribution in [0, 0.1) is 11.3 Å². The lowest BCUT2D eigenvalue weighted by molar-refractivity contribution is 0.0966. The number of pyridine rings is 1. The zero-order valence-electron chi connectivity index (χ0n) is 22.8. The Morgan fingerprint density at radius 2 is 1.89 bits per heavy atom. The molecule has 2 fully saturated rings. The standard InChI is InChI=1S/C28H38N6O3S/c1-18(2)20-6-7-23(34-15-28(4,16-34)17-38(5,36)37)22-13-30-26(12-21(20)22)31-25-8-10-29-27(32-25)33-11-9-24(35)19(3)14-33/h6-8,10,12-13,18-19,24,35H,9,11,14-17H2,1-5H3,(H,29,30,31,32)/t19-,24-/m1/s1. The normalized spacial score (nSPS) is 21.6. The average Bonchev–Trinajstić information content (AvgIpc) is 2.82. The minimum atomic E-state index is -3.03. The van der Waals surface area contributed by atoms with Crippen LogP contribution in [0.5, 0.6) is 0 Å². The van der Waals surface area contributed by atoms with Gasteiger partial charge in [-0.1, -0.05) is 33.8 Å². The molecule has 10 heteroatoms. The molecule has 1 aromatic carbocycles. The van der Waals surface area contributed by atoms with Gasteiger partial charge in [-0.3, -0.25) is 0 Å². The summed E-state index contributed by atoms with van der Waals surface area (Å²) in [6.07, 6.45) is 5.39. The van der Waals surface area contributed by atoms with Crippen LogP contribution in [0.25, 0.3) is 10.8 Å². The molecule has 2 aliphatic rings. The van der Waals surface area contributed by atoms with Crippen molar-refractivity contribution in [2.45, 2.75) is 46.1 Å². The molecule has 3 aromatic rings. The Bertz CT molecular complexity index is 1440. The minimum absolute atomic E-state index is 0.172. The van der Waals surface area contributed by atoms with Crippen LogP contribution in [-0.4, -0.2) is 72.8 Å². The predicted octanol–water partition coefficient (Wildman–Crippen LogP) is 3.97. The maximum absolute atomic E-state index is 11.9. The van der Waals surface area contributed by atoms with E-state index in [0.717, 1.165) is 29.5 Å². The number of nitrogens with zero attached hydrogens (tertiary/aromatic N) is 5. The molecule has 0 radical (unpaired) electrons. The number of sulfone groups is 1. The Kier molecular flexibility index (Phi) is 6.98. The Hall–Kier alpha value is -2.98. The van der Waals surface area contributed by atoms with E-state index in [1.54, 1.807) is 6.20 Å². The van der Waals surface area contributed by atoms with Gasteiger partial charge in [0.25, 0.3) is 0 Å². The van der Waals surface area contributed by atoms with E-state index in [2.05, 4.69) is 52.1 Å². The molecule has 0 aliphatic carbocycles. The Labute approximate surface area is 225 Å². The molecule has 5 rings (SSSR count). The van der Waals surface area contributed by atoms with Crippen molar-refractivity contribution in [2.24, 2.45) is 11.3 Å². The molecule has 2 N–H and O–H groups in total. The molecule has 38 heavy (non-hydrogen) atoms. The van der Waals surface area contributed by atoms with E-state index in [-0.39, 0.29) is 23.2 Å². The summed E-state index contributed by atoms with van der Waals surface area (Å²) in [6.45, 7) is 11.3. The molecular formula is C28H38N6O3S. The number of hydrogen-bond donors (Lipinski definition) is 2. The highest BCUT2D eigenvalue weighted by Crippen LogP contribution is 2.41. The predicted molar refractivity (Wildman–Crippen MR) is 153 cm³/mol. The fourth-order valence-corrected chi connectivity index (χ4v) is 7.33. The number of anilines is 4. The maximum Gasteiger partial charge on any atom is 0.227 e. The first kappa shape index (κ1) is 26.6. The van der Waals surface area contributed by atoms with E-state index in [0.29, 0.717) is 43.0 Å². The highest BCUT2D eigenvalue weighted by atomic mass is 32.2. The van der Waals surface area contributed by atoms with Gasteiger partial charge in [-0.2, -0.15) is 4.98 Å². The van der Waals surface area contributed by atoms with Crippen LogP contribution in [0.3, 0.4) is 0 Å². The molecule has 2 saturated heterocycles. The highest BCUT2D eigenvalue weighted by molar-refractivity contribution is 7.90. The third-order valence-corrected chi connectivity index (χ3v) is 8.89. The van der Waals surface area contributed by atoms with E-state index >= 15 is 0 Å². The number of aromatic nitrogens is 3. The second-order valence-electron chi connectivity index (χ2n) is 11.8. The van der Waals surface area contributed by atoms with Crippen LogP contribution < -0.4 is 15.1 Å². The highest BCUT2D eigenvalue weighted by Gasteiger charge is 2.41. The summed E-state index contributed by atoms with van der Waals surface area (Å²) < 4.78 is 23.8. The summed E-state index contributed by atoms with van der Waals surface area (Å²) in [5.74, 6) is 2.72. The second-order valence-corrected chi connectivity index (χ2v) is 14.0. The first-order valence-corrected chi connectivity index (χ1v) is 15.4. The summed E-state index contributed by atoms with van der Waals surface area (Å²) >= 11 is 0. The van der Waals surface area contributed by atoms with Crippen molar-refractivity contribution >= 4 is 43.9 Å². The lowest BCUT2D eigenvalue weighted by Gasteiger charge is -2.49. The molecule has 2 atom stereocenters. The number of piperidine rings is 1. The molecule has 2 aliphatic heterocycles. The summed E-state index contributed by atoms with van der Waals surface area (Å²) in [6, 6.07) is 8.22. The number of aliphatic hydroxyl groups excluding tert-OH is 1. The van der Waals surface area contributed by atoms with E-state index in [1.165, 1.54) is 11.8 Å². The smallest absolute Gasteiger partial charge is 0.227 e. The van der Waals surface area contributed by atoms with Crippen molar-refractivity contribution in [1.82, 2.24) is 15.0 Å².